The quantitative estimate of drug-likeness (QED) is 0.656. The molecule has 17 heavy (non-hydrogen) atoms. The van der Waals surface area contributed by atoms with Gasteiger partial charge in [0.1, 0.15) is 11.5 Å². The van der Waals surface area contributed by atoms with Crippen molar-refractivity contribution >= 4 is 5.82 Å². The fourth-order valence-corrected chi connectivity index (χ4v) is 1.31. The van der Waals surface area contributed by atoms with Gasteiger partial charge in [0.25, 0.3) is 5.89 Å². The van der Waals surface area contributed by atoms with Gasteiger partial charge in [-0.2, -0.15) is 20.4 Å². The summed E-state index contributed by atoms with van der Waals surface area (Å²) in [7, 11) is 0. The third-order valence-electron chi connectivity index (χ3n) is 2.06. The SMILES string of the molecule is Nc1cccc(-c2nc(-c3cn[nH]n3)no2)n1. The van der Waals surface area contributed by atoms with E-state index in [4.69, 9.17) is 10.3 Å². The van der Waals surface area contributed by atoms with E-state index in [2.05, 4.69) is 30.5 Å². The van der Waals surface area contributed by atoms with Crippen LogP contribution >= 0.6 is 0 Å². The van der Waals surface area contributed by atoms with Gasteiger partial charge >= 0.3 is 0 Å². The van der Waals surface area contributed by atoms with Crippen LogP contribution in [0.3, 0.4) is 0 Å². The van der Waals surface area contributed by atoms with Gasteiger partial charge in [-0.25, -0.2) is 4.98 Å². The Bertz CT molecular complexity index is 630. The topological polar surface area (TPSA) is 119 Å². The third kappa shape index (κ3) is 1.71. The van der Waals surface area contributed by atoms with E-state index in [9.17, 15) is 0 Å². The first-order valence-electron chi connectivity index (χ1n) is 4.76. The number of nitrogens with zero attached hydrogens (tertiary/aromatic N) is 5. The monoisotopic (exact) mass is 229 g/mol. The van der Waals surface area contributed by atoms with E-state index in [-0.39, 0.29) is 5.89 Å². The average Bonchev–Trinajstić information content (AvgIpc) is 3.00. The normalized spacial score (nSPS) is 10.6. The molecular weight excluding hydrogens is 222 g/mol. The van der Waals surface area contributed by atoms with Crippen molar-refractivity contribution in [3.05, 3.63) is 24.4 Å². The predicted octanol–water partition coefficient (Wildman–Crippen LogP) is 0.499. The fraction of sp³-hybridized carbons (Fsp3) is 0. The highest BCUT2D eigenvalue weighted by molar-refractivity contribution is 5.54. The van der Waals surface area contributed by atoms with Gasteiger partial charge in [-0.1, -0.05) is 11.2 Å². The number of anilines is 1. The maximum atomic E-state index is 5.57. The summed E-state index contributed by atoms with van der Waals surface area (Å²) in [5, 5.41) is 13.8. The smallest absolute Gasteiger partial charge is 0.276 e. The molecule has 0 aliphatic carbocycles. The summed E-state index contributed by atoms with van der Waals surface area (Å²) in [5.74, 6) is 1.02. The van der Waals surface area contributed by atoms with Crippen molar-refractivity contribution in [2.45, 2.75) is 0 Å². The van der Waals surface area contributed by atoms with Gasteiger partial charge in [0, 0.05) is 0 Å². The standard InChI is InChI=1S/C9H7N7O/c10-7-3-1-2-5(12-7)9-13-8(15-17-9)6-4-11-16-14-6/h1-4H,(H2,10,12)(H,11,14,16). The number of nitrogens with two attached hydrogens (primary N) is 1. The maximum absolute atomic E-state index is 5.57. The molecule has 0 amide bonds. The second-order valence-corrected chi connectivity index (χ2v) is 3.23. The Morgan fingerprint density at radius 2 is 2.12 bits per heavy atom. The average molecular weight is 229 g/mol. The number of H-pyrrole nitrogens is 1. The van der Waals surface area contributed by atoms with Crippen LogP contribution < -0.4 is 5.73 Å². The highest BCUT2D eigenvalue weighted by atomic mass is 16.5. The largest absolute Gasteiger partial charge is 0.384 e. The van der Waals surface area contributed by atoms with Gasteiger partial charge in [-0.15, -0.1) is 0 Å². The number of pyridine rings is 1. The Hall–Kier alpha value is -2.77. The van der Waals surface area contributed by atoms with Gasteiger partial charge < -0.3 is 10.3 Å². The van der Waals surface area contributed by atoms with E-state index in [0.717, 1.165) is 0 Å². The van der Waals surface area contributed by atoms with Gasteiger partial charge in [0.15, 0.2) is 5.69 Å². The van der Waals surface area contributed by atoms with Crippen molar-refractivity contribution in [1.29, 1.82) is 0 Å². The molecule has 84 valence electrons. The number of nitrogen functional groups attached to an aromatic ring is 1. The molecule has 0 radical (unpaired) electrons. The van der Waals surface area contributed by atoms with Crippen LogP contribution in [0, 0.1) is 0 Å². The Morgan fingerprint density at radius 1 is 1.18 bits per heavy atom. The maximum Gasteiger partial charge on any atom is 0.276 e. The molecule has 0 aliphatic heterocycles. The number of rotatable bonds is 2. The van der Waals surface area contributed by atoms with Gasteiger partial charge in [0.05, 0.1) is 6.20 Å². The van der Waals surface area contributed by atoms with E-state index >= 15 is 0 Å². The first kappa shape index (κ1) is 9.46. The second kappa shape index (κ2) is 3.67. The molecule has 0 saturated carbocycles. The minimum Gasteiger partial charge on any atom is -0.384 e. The van der Waals surface area contributed by atoms with Gasteiger partial charge in [-0.3, -0.25) is 0 Å². The molecule has 0 atom stereocenters. The molecule has 0 unspecified atom stereocenters. The summed E-state index contributed by atoms with van der Waals surface area (Å²) < 4.78 is 5.07. The Morgan fingerprint density at radius 3 is 2.88 bits per heavy atom. The van der Waals surface area contributed by atoms with E-state index in [1.54, 1.807) is 18.2 Å². The van der Waals surface area contributed by atoms with Gasteiger partial charge in [0.2, 0.25) is 5.82 Å². The van der Waals surface area contributed by atoms with Gasteiger partial charge in [-0.05, 0) is 12.1 Å². The lowest BCUT2D eigenvalue weighted by atomic mass is 10.3. The van der Waals surface area contributed by atoms with E-state index in [1.807, 2.05) is 0 Å². The molecule has 3 N–H and O–H groups in total. The molecule has 0 aliphatic rings. The van der Waals surface area contributed by atoms with Crippen molar-refractivity contribution < 1.29 is 4.52 Å². The molecule has 3 aromatic rings. The molecule has 0 aromatic carbocycles. The van der Waals surface area contributed by atoms with Crippen LogP contribution in [0.1, 0.15) is 0 Å². The summed E-state index contributed by atoms with van der Waals surface area (Å²) in [4.78, 5) is 8.22. The van der Waals surface area contributed by atoms with Crippen LogP contribution in [-0.4, -0.2) is 30.5 Å². The molecule has 3 rings (SSSR count). The first-order valence-corrected chi connectivity index (χ1v) is 4.76. The zero-order chi connectivity index (χ0) is 11.7. The van der Waals surface area contributed by atoms with Crippen molar-refractivity contribution in [2.75, 3.05) is 5.73 Å². The lowest BCUT2D eigenvalue weighted by Gasteiger charge is -1.93. The number of hydrogen-bond donors (Lipinski definition) is 2. The van der Waals surface area contributed by atoms with Crippen LogP contribution in [0.15, 0.2) is 28.9 Å². The summed E-state index contributed by atoms with van der Waals surface area (Å²) in [6.45, 7) is 0. The lowest BCUT2D eigenvalue weighted by molar-refractivity contribution is 0.431. The summed E-state index contributed by atoms with van der Waals surface area (Å²) in [6, 6.07) is 5.17. The summed E-state index contributed by atoms with van der Waals surface area (Å²) in [6.07, 6.45) is 1.50. The van der Waals surface area contributed by atoms with Crippen LogP contribution in [-0.2, 0) is 0 Å². The minimum absolute atomic E-state index is 0.287. The van der Waals surface area contributed by atoms with Crippen LogP contribution in [0.4, 0.5) is 5.82 Å². The highest BCUT2D eigenvalue weighted by Crippen LogP contribution is 2.19. The second-order valence-electron chi connectivity index (χ2n) is 3.23. The zero-order valence-corrected chi connectivity index (χ0v) is 8.53. The predicted molar refractivity (Wildman–Crippen MR) is 57.3 cm³/mol. The fourth-order valence-electron chi connectivity index (χ4n) is 1.31. The molecule has 8 nitrogen and oxygen atoms in total. The molecule has 0 spiro atoms. The van der Waals surface area contributed by atoms with Crippen molar-refractivity contribution in [1.82, 2.24) is 30.5 Å². The van der Waals surface area contributed by atoms with E-state index < -0.39 is 0 Å². The van der Waals surface area contributed by atoms with Crippen molar-refractivity contribution in [3.8, 4) is 23.1 Å². The molecule has 8 heteroatoms. The molecule has 3 heterocycles. The highest BCUT2D eigenvalue weighted by Gasteiger charge is 2.13. The first-order chi connectivity index (χ1) is 8.33. The lowest BCUT2D eigenvalue weighted by Crippen LogP contribution is -1.91. The molecule has 0 fully saturated rings. The van der Waals surface area contributed by atoms with Crippen LogP contribution in [0.2, 0.25) is 0 Å². The molecule has 0 bridgehead atoms. The zero-order valence-electron chi connectivity index (χ0n) is 8.53. The molecule has 0 saturated heterocycles. The Kier molecular flexibility index (Phi) is 2.04. The van der Waals surface area contributed by atoms with E-state index in [0.29, 0.717) is 23.0 Å². The van der Waals surface area contributed by atoms with Crippen LogP contribution in [0.25, 0.3) is 23.1 Å². The van der Waals surface area contributed by atoms with Crippen molar-refractivity contribution in [2.24, 2.45) is 0 Å². The number of nitrogens with one attached hydrogen (secondary N) is 1. The van der Waals surface area contributed by atoms with Crippen LogP contribution in [0.5, 0.6) is 0 Å². The number of aromatic nitrogens is 6. The summed E-state index contributed by atoms with van der Waals surface area (Å²) in [5.41, 5.74) is 6.59. The van der Waals surface area contributed by atoms with Crippen molar-refractivity contribution in [3.63, 3.8) is 0 Å². The third-order valence-corrected chi connectivity index (χ3v) is 2.06. The minimum atomic E-state index is 0.287. The molecule has 3 aromatic heterocycles. The number of hydrogen-bond acceptors (Lipinski definition) is 7. The molecular formula is C9H7N7O. The van der Waals surface area contributed by atoms with E-state index in [1.165, 1.54) is 6.20 Å². The Balaban J connectivity index is 2.01. The summed E-state index contributed by atoms with van der Waals surface area (Å²) >= 11 is 0. The Labute approximate surface area is 94.9 Å². The number of aromatic amines is 1.